The van der Waals surface area contributed by atoms with Gasteiger partial charge in [0.05, 0.1) is 17.1 Å². The van der Waals surface area contributed by atoms with Crippen LogP contribution in [0, 0.1) is 39.0 Å². The van der Waals surface area contributed by atoms with Crippen LogP contribution in [0.15, 0.2) is 18.2 Å². The third-order valence-electron chi connectivity index (χ3n) is 3.57. The van der Waals surface area contributed by atoms with E-state index in [-0.39, 0.29) is 0 Å². The molecule has 0 radical (unpaired) electrons. The van der Waals surface area contributed by atoms with Crippen LogP contribution in [0.2, 0.25) is 0 Å². The second kappa shape index (κ2) is 5.25. The largest absolute Gasteiger partial charge is 0.397 e. The normalized spacial score (nSPS) is 10.7. The fraction of sp³-hybridized carbons (Fsp3) is 0.250. The summed E-state index contributed by atoms with van der Waals surface area (Å²) in [5.74, 6) is 0.982. The number of nitrogen functional groups attached to an aromatic ring is 1. The van der Waals surface area contributed by atoms with Gasteiger partial charge in [-0.05, 0) is 39.8 Å². The average Bonchev–Trinajstić information content (AvgIpc) is 2.99. The van der Waals surface area contributed by atoms with Crippen molar-refractivity contribution in [2.45, 2.75) is 27.7 Å². The van der Waals surface area contributed by atoms with Crippen LogP contribution in [-0.2, 0) is 0 Å². The lowest BCUT2D eigenvalue weighted by atomic mass is 10.2. The molecule has 0 saturated carbocycles. The molecule has 0 aliphatic heterocycles. The molecule has 0 aliphatic rings. The van der Waals surface area contributed by atoms with Crippen molar-refractivity contribution in [2.75, 3.05) is 5.73 Å². The van der Waals surface area contributed by atoms with Gasteiger partial charge < -0.3 is 5.73 Å². The highest BCUT2D eigenvalue weighted by Gasteiger charge is 2.17. The van der Waals surface area contributed by atoms with Crippen LogP contribution in [0.1, 0.15) is 28.3 Å². The van der Waals surface area contributed by atoms with Crippen molar-refractivity contribution in [3.05, 3.63) is 46.5 Å². The highest BCUT2D eigenvalue weighted by Crippen LogP contribution is 2.23. The van der Waals surface area contributed by atoms with Crippen LogP contribution in [0.25, 0.3) is 11.6 Å². The number of nitriles is 1. The fourth-order valence-electron chi connectivity index (χ4n) is 2.62. The first-order valence-electron chi connectivity index (χ1n) is 7.18. The van der Waals surface area contributed by atoms with Gasteiger partial charge in [-0.1, -0.05) is 0 Å². The minimum Gasteiger partial charge on any atom is -0.397 e. The zero-order valence-electron chi connectivity index (χ0n) is 13.5. The molecule has 3 aromatic rings. The Hall–Kier alpha value is -3.14. The van der Waals surface area contributed by atoms with E-state index in [4.69, 9.17) is 5.73 Å². The quantitative estimate of drug-likeness (QED) is 0.782. The standard InChI is InChI=1S/C16H17N7/c1-9-5-11(3)22(20-9)15-7-14(18)13(8-17)16(19-15)23-12(4)6-10(2)21-23/h5-7H,1-4H3,(H2,18,19). The van der Waals surface area contributed by atoms with Crippen molar-refractivity contribution in [1.82, 2.24) is 24.5 Å². The number of aryl methyl sites for hydroxylation is 4. The van der Waals surface area contributed by atoms with Crippen LogP contribution in [-0.4, -0.2) is 24.5 Å². The van der Waals surface area contributed by atoms with Crippen LogP contribution in [0.3, 0.4) is 0 Å². The maximum atomic E-state index is 9.44. The number of rotatable bonds is 2. The van der Waals surface area contributed by atoms with Gasteiger partial charge >= 0.3 is 0 Å². The Labute approximate surface area is 134 Å². The van der Waals surface area contributed by atoms with E-state index in [0.29, 0.717) is 22.9 Å². The molecule has 0 spiro atoms. The van der Waals surface area contributed by atoms with Crippen molar-refractivity contribution < 1.29 is 0 Å². The molecule has 0 bridgehead atoms. The van der Waals surface area contributed by atoms with E-state index in [9.17, 15) is 5.26 Å². The van der Waals surface area contributed by atoms with E-state index in [1.54, 1.807) is 15.4 Å². The number of hydrogen-bond donors (Lipinski definition) is 1. The molecule has 7 nitrogen and oxygen atoms in total. The topological polar surface area (TPSA) is 98.3 Å². The summed E-state index contributed by atoms with van der Waals surface area (Å²) in [6.07, 6.45) is 0. The monoisotopic (exact) mass is 307 g/mol. The van der Waals surface area contributed by atoms with E-state index in [0.717, 1.165) is 22.8 Å². The molecule has 0 amide bonds. The third-order valence-corrected chi connectivity index (χ3v) is 3.57. The molecule has 0 atom stereocenters. The smallest absolute Gasteiger partial charge is 0.175 e. The Morgan fingerprint density at radius 3 is 2.00 bits per heavy atom. The van der Waals surface area contributed by atoms with E-state index in [1.807, 2.05) is 39.8 Å². The van der Waals surface area contributed by atoms with E-state index >= 15 is 0 Å². The van der Waals surface area contributed by atoms with Crippen molar-refractivity contribution in [3.8, 4) is 17.7 Å². The van der Waals surface area contributed by atoms with Gasteiger partial charge in [0, 0.05) is 17.5 Å². The molecule has 3 aromatic heterocycles. The molecular formula is C16H17N7. The van der Waals surface area contributed by atoms with Crippen molar-refractivity contribution in [2.24, 2.45) is 0 Å². The summed E-state index contributed by atoms with van der Waals surface area (Å²) in [6.45, 7) is 7.66. The number of nitrogens with zero attached hydrogens (tertiary/aromatic N) is 6. The van der Waals surface area contributed by atoms with Gasteiger partial charge in [0.1, 0.15) is 11.6 Å². The summed E-state index contributed by atoms with van der Waals surface area (Å²) in [4.78, 5) is 4.59. The van der Waals surface area contributed by atoms with Crippen molar-refractivity contribution in [3.63, 3.8) is 0 Å². The summed E-state index contributed by atoms with van der Waals surface area (Å²) < 4.78 is 3.35. The summed E-state index contributed by atoms with van der Waals surface area (Å²) >= 11 is 0. The van der Waals surface area contributed by atoms with Gasteiger partial charge in [0.25, 0.3) is 0 Å². The SMILES string of the molecule is Cc1cc(C)n(-c2cc(N)c(C#N)c(-n3nc(C)cc3C)n2)n1. The number of aromatic nitrogens is 5. The highest BCUT2D eigenvalue weighted by molar-refractivity contribution is 5.64. The Balaban J connectivity index is 2.29. The zero-order valence-corrected chi connectivity index (χ0v) is 13.5. The van der Waals surface area contributed by atoms with Crippen molar-refractivity contribution >= 4 is 5.69 Å². The van der Waals surface area contributed by atoms with Gasteiger partial charge in [0.2, 0.25) is 0 Å². The molecule has 3 heterocycles. The molecule has 0 fully saturated rings. The van der Waals surface area contributed by atoms with E-state index < -0.39 is 0 Å². The number of anilines is 1. The second-order valence-corrected chi connectivity index (χ2v) is 5.56. The summed E-state index contributed by atoms with van der Waals surface area (Å²) in [6, 6.07) is 7.66. The molecule has 0 saturated heterocycles. The average molecular weight is 307 g/mol. The van der Waals surface area contributed by atoms with Gasteiger partial charge in [-0.3, -0.25) is 0 Å². The fourth-order valence-corrected chi connectivity index (χ4v) is 2.62. The lowest BCUT2D eigenvalue weighted by Crippen LogP contribution is -2.12. The molecule has 0 aliphatic carbocycles. The third kappa shape index (κ3) is 2.44. The van der Waals surface area contributed by atoms with E-state index in [1.165, 1.54) is 0 Å². The van der Waals surface area contributed by atoms with Crippen LogP contribution in [0.5, 0.6) is 0 Å². The predicted octanol–water partition coefficient (Wildman–Crippen LogP) is 2.14. The molecular weight excluding hydrogens is 290 g/mol. The van der Waals surface area contributed by atoms with Gasteiger partial charge in [-0.15, -0.1) is 0 Å². The van der Waals surface area contributed by atoms with Gasteiger partial charge in [-0.2, -0.15) is 15.5 Å². The number of nitrogens with two attached hydrogens (primary N) is 1. The summed E-state index contributed by atoms with van der Waals surface area (Å²) in [5.41, 5.74) is 10.3. The van der Waals surface area contributed by atoms with Crippen LogP contribution < -0.4 is 5.73 Å². The van der Waals surface area contributed by atoms with Gasteiger partial charge in [-0.25, -0.2) is 14.3 Å². The maximum Gasteiger partial charge on any atom is 0.175 e. The maximum absolute atomic E-state index is 9.44. The minimum atomic E-state index is 0.307. The lowest BCUT2D eigenvalue weighted by molar-refractivity contribution is 0.766. The van der Waals surface area contributed by atoms with Crippen LogP contribution in [0.4, 0.5) is 5.69 Å². The first kappa shape index (κ1) is 14.8. The molecule has 0 aromatic carbocycles. The molecule has 7 heteroatoms. The molecule has 23 heavy (non-hydrogen) atoms. The van der Waals surface area contributed by atoms with E-state index in [2.05, 4.69) is 21.3 Å². The first-order valence-corrected chi connectivity index (χ1v) is 7.18. The summed E-state index contributed by atoms with van der Waals surface area (Å²) in [5, 5.41) is 18.3. The predicted molar refractivity (Wildman–Crippen MR) is 86.6 cm³/mol. The second-order valence-electron chi connectivity index (χ2n) is 5.56. The Morgan fingerprint density at radius 2 is 1.52 bits per heavy atom. The Morgan fingerprint density at radius 1 is 0.957 bits per heavy atom. The lowest BCUT2D eigenvalue weighted by Gasteiger charge is -2.11. The highest BCUT2D eigenvalue weighted by atomic mass is 15.4. The Kier molecular flexibility index (Phi) is 3.37. The van der Waals surface area contributed by atoms with Crippen LogP contribution >= 0.6 is 0 Å². The zero-order chi connectivity index (χ0) is 16.7. The minimum absolute atomic E-state index is 0.307. The van der Waals surface area contributed by atoms with Crippen molar-refractivity contribution in [1.29, 1.82) is 5.26 Å². The first-order chi connectivity index (χ1) is 10.9. The Bertz CT molecular complexity index is 940. The number of pyridine rings is 1. The molecule has 2 N–H and O–H groups in total. The molecule has 116 valence electrons. The molecule has 0 unspecified atom stereocenters. The molecule has 3 rings (SSSR count). The number of hydrogen-bond acceptors (Lipinski definition) is 5. The summed E-state index contributed by atoms with van der Waals surface area (Å²) in [7, 11) is 0. The van der Waals surface area contributed by atoms with Gasteiger partial charge in [0.15, 0.2) is 11.6 Å².